The molecule has 0 saturated heterocycles. The third kappa shape index (κ3) is 3.40. The molecule has 20 heavy (non-hydrogen) atoms. The lowest BCUT2D eigenvalue weighted by atomic mass is 10.2. The zero-order valence-electron chi connectivity index (χ0n) is 10.4. The normalized spacial score (nSPS) is 11.2. The van der Waals surface area contributed by atoms with E-state index in [0.29, 0.717) is 5.69 Å². The number of nitrogens with one attached hydrogen (secondary N) is 1. The second-order valence-electron chi connectivity index (χ2n) is 3.98. The lowest BCUT2D eigenvalue weighted by molar-refractivity contribution is 0.0696. The summed E-state index contributed by atoms with van der Waals surface area (Å²) >= 11 is 0. The van der Waals surface area contributed by atoms with Crippen molar-refractivity contribution in [2.45, 2.75) is 11.4 Å². The first-order valence-electron chi connectivity index (χ1n) is 5.72. The average Bonchev–Trinajstić information content (AvgIpc) is 2.46. The smallest absolute Gasteiger partial charge is 0.335 e. The van der Waals surface area contributed by atoms with Crippen LogP contribution in [0, 0.1) is 0 Å². The highest BCUT2D eigenvalue weighted by atomic mass is 32.2. The van der Waals surface area contributed by atoms with E-state index in [1.54, 1.807) is 18.2 Å². The monoisotopic (exact) mass is 292 g/mol. The summed E-state index contributed by atoms with van der Waals surface area (Å²) in [5, 5.41) is 8.85. The molecule has 6 nitrogen and oxygen atoms in total. The molecule has 0 fully saturated rings. The second kappa shape index (κ2) is 5.81. The first-order chi connectivity index (χ1) is 9.49. The van der Waals surface area contributed by atoms with Crippen LogP contribution in [0.1, 0.15) is 16.1 Å². The molecule has 1 heterocycles. The average molecular weight is 292 g/mol. The Morgan fingerprint density at radius 1 is 1.20 bits per heavy atom. The van der Waals surface area contributed by atoms with Gasteiger partial charge in [0.2, 0.25) is 10.0 Å². The van der Waals surface area contributed by atoms with Gasteiger partial charge >= 0.3 is 5.97 Å². The summed E-state index contributed by atoms with van der Waals surface area (Å²) in [5.41, 5.74) is 0.401. The van der Waals surface area contributed by atoms with E-state index in [1.807, 2.05) is 0 Å². The van der Waals surface area contributed by atoms with Crippen LogP contribution in [0.2, 0.25) is 0 Å². The van der Waals surface area contributed by atoms with Crippen LogP contribution in [0.4, 0.5) is 0 Å². The Morgan fingerprint density at radius 2 is 1.90 bits per heavy atom. The molecule has 0 bridgehead atoms. The number of hydrogen-bond acceptors (Lipinski definition) is 4. The van der Waals surface area contributed by atoms with Gasteiger partial charge in [-0.25, -0.2) is 17.9 Å². The van der Waals surface area contributed by atoms with E-state index in [0.717, 1.165) is 0 Å². The number of rotatable bonds is 5. The Morgan fingerprint density at radius 3 is 2.55 bits per heavy atom. The maximum absolute atomic E-state index is 12.0. The predicted octanol–water partition coefficient (Wildman–Crippen LogP) is 1.26. The summed E-state index contributed by atoms with van der Waals surface area (Å²) in [6, 6.07) is 10.6. The maximum Gasteiger partial charge on any atom is 0.335 e. The molecule has 0 atom stereocenters. The van der Waals surface area contributed by atoms with Crippen molar-refractivity contribution < 1.29 is 18.3 Å². The van der Waals surface area contributed by atoms with Crippen molar-refractivity contribution in [3.8, 4) is 0 Å². The SMILES string of the molecule is O=C(O)c1ccnc(CNS(=O)(=O)c2ccccc2)c1. The van der Waals surface area contributed by atoms with Crippen molar-refractivity contribution in [1.82, 2.24) is 9.71 Å². The third-order valence-corrected chi connectivity index (χ3v) is 3.98. The van der Waals surface area contributed by atoms with Gasteiger partial charge in [-0.15, -0.1) is 0 Å². The van der Waals surface area contributed by atoms with Gasteiger partial charge in [0.15, 0.2) is 0 Å². The lowest BCUT2D eigenvalue weighted by Crippen LogP contribution is -2.23. The number of aromatic carboxylic acids is 1. The van der Waals surface area contributed by atoms with Gasteiger partial charge in [0.25, 0.3) is 0 Å². The van der Waals surface area contributed by atoms with Gasteiger partial charge in [-0.1, -0.05) is 18.2 Å². The van der Waals surface area contributed by atoms with E-state index >= 15 is 0 Å². The zero-order valence-corrected chi connectivity index (χ0v) is 11.2. The van der Waals surface area contributed by atoms with E-state index in [-0.39, 0.29) is 17.0 Å². The Bertz CT molecular complexity index is 714. The van der Waals surface area contributed by atoms with Crippen LogP contribution in [0.3, 0.4) is 0 Å². The molecule has 104 valence electrons. The van der Waals surface area contributed by atoms with Crippen molar-refractivity contribution in [2.24, 2.45) is 0 Å². The minimum absolute atomic E-state index is 0.0638. The fourth-order valence-corrected chi connectivity index (χ4v) is 2.58. The van der Waals surface area contributed by atoms with Crippen molar-refractivity contribution in [2.75, 3.05) is 0 Å². The van der Waals surface area contributed by atoms with Gasteiger partial charge in [0.1, 0.15) is 0 Å². The van der Waals surface area contributed by atoms with Crippen molar-refractivity contribution in [3.63, 3.8) is 0 Å². The van der Waals surface area contributed by atoms with Gasteiger partial charge in [-0.2, -0.15) is 0 Å². The Hall–Kier alpha value is -2.25. The van der Waals surface area contributed by atoms with Gasteiger partial charge in [-0.05, 0) is 24.3 Å². The summed E-state index contributed by atoms with van der Waals surface area (Å²) < 4.78 is 26.3. The highest BCUT2D eigenvalue weighted by Gasteiger charge is 2.13. The minimum Gasteiger partial charge on any atom is -0.478 e. The molecule has 1 aromatic carbocycles. The third-order valence-electron chi connectivity index (χ3n) is 2.56. The summed E-state index contributed by atoms with van der Waals surface area (Å²) in [6.07, 6.45) is 1.33. The van der Waals surface area contributed by atoms with Crippen LogP contribution in [-0.4, -0.2) is 24.5 Å². The summed E-state index contributed by atoms with van der Waals surface area (Å²) in [7, 11) is -3.63. The molecule has 0 aliphatic rings. The molecule has 7 heteroatoms. The number of carbonyl (C=O) groups is 1. The number of carboxylic acids is 1. The number of carboxylic acid groups (broad SMARTS) is 1. The molecule has 0 radical (unpaired) electrons. The van der Waals surface area contributed by atoms with Crippen molar-refractivity contribution in [1.29, 1.82) is 0 Å². The molecule has 0 saturated carbocycles. The zero-order chi connectivity index (χ0) is 14.6. The summed E-state index contributed by atoms with van der Waals surface area (Å²) in [5.74, 6) is -1.08. The van der Waals surface area contributed by atoms with Gasteiger partial charge in [0.05, 0.1) is 22.7 Å². The fourth-order valence-electron chi connectivity index (χ4n) is 1.56. The molecule has 0 aliphatic heterocycles. The van der Waals surface area contributed by atoms with Gasteiger partial charge < -0.3 is 5.11 Å². The van der Waals surface area contributed by atoms with Gasteiger partial charge in [0, 0.05) is 6.20 Å². The lowest BCUT2D eigenvalue weighted by Gasteiger charge is -2.06. The van der Waals surface area contributed by atoms with E-state index in [9.17, 15) is 13.2 Å². The Balaban J connectivity index is 2.13. The largest absolute Gasteiger partial charge is 0.478 e. The number of sulfonamides is 1. The molecule has 2 rings (SSSR count). The molecule has 0 aliphatic carbocycles. The minimum atomic E-state index is -3.63. The summed E-state index contributed by atoms with van der Waals surface area (Å²) in [6.45, 7) is -0.0711. The number of benzene rings is 1. The van der Waals surface area contributed by atoms with Crippen molar-refractivity contribution >= 4 is 16.0 Å². The first kappa shape index (κ1) is 14.2. The molecule has 2 aromatic rings. The van der Waals surface area contributed by atoms with E-state index in [2.05, 4.69) is 9.71 Å². The Labute approximate surface area is 116 Å². The molecule has 1 aromatic heterocycles. The predicted molar refractivity (Wildman–Crippen MR) is 71.7 cm³/mol. The van der Waals surface area contributed by atoms with Gasteiger partial charge in [-0.3, -0.25) is 4.98 Å². The number of hydrogen-bond donors (Lipinski definition) is 2. The van der Waals surface area contributed by atoms with Crippen LogP contribution in [0.25, 0.3) is 0 Å². The van der Waals surface area contributed by atoms with Crippen molar-refractivity contribution in [3.05, 3.63) is 59.9 Å². The van der Waals surface area contributed by atoms with E-state index in [4.69, 9.17) is 5.11 Å². The second-order valence-corrected chi connectivity index (χ2v) is 5.75. The van der Waals surface area contributed by atoms with Crippen LogP contribution in [-0.2, 0) is 16.6 Å². The maximum atomic E-state index is 12.0. The number of aromatic nitrogens is 1. The van der Waals surface area contributed by atoms with Crippen LogP contribution in [0.15, 0.2) is 53.6 Å². The molecule has 0 amide bonds. The molecule has 2 N–H and O–H groups in total. The van der Waals surface area contributed by atoms with Crippen LogP contribution in [0.5, 0.6) is 0 Å². The highest BCUT2D eigenvalue weighted by molar-refractivity contribution is 7.89. The molecular weight excluding hydrogens is 280 g/mol. The molecule has 0 unspecified atom stereocenters. The van der Waals surface area contributed by atoms with E-state index < -0.39 is 16.0 Å². The van der Waals surface area contributed by atoms with Crippen LogP contribution >= 0.6 is 0 Å². The van der Waals surface area contributed by atoms with E-state index in [1.165, 1.54) is 30.5 Å². The number of pyridine rings is 1. The first-order valence-corrected chi connectivity index (χ1v) is 7.20. The molecular formula is C13H12N2O4S. The topological polar surface area (TPSA) is 96.4 Å². The highest BCUT2D eigenvalue weighted by Crippen LogP contribution is 2.08. The summed E-state index contributed by atoms with van der Waals surface area (Å²) in [4.78, 5) is 14.9. The molecule has 0 spiro atoms. The Kier molecular flexibility index (Phi) is 4.11. The van der Waals surface area contributed by atoms with Crippen LogP contribution < -0.4 is 4.72 Å². The quantitative estimate of drug-likeness (QED) is 0.864. The number of nitrogens with zero attached hydrogens (tertiary/aromatic N) is 1. The fraction of sp³-hybridized carbons (Fsp3) is 0.0769. The standard InChI is InChI=1S/C13H12N2O4S/c16-13(17)10-6-7-14-11(8-10)9-15-20(18,19)12-4-2-1-3-5-12/h1-8,15H,9H2,(H,16,17).